The Hall–Kier alpha value is -1.93. The van der Waals surface area contributed by atoms with Crippen molar-refractivity contribution < 1.29 is 8.42 Å². The number of benzene rings is 1. The maximum Gasteiger partial charge on any atom is 0.214 e. The zero-order chi connectivity index (χ0) is 17.3. The van der Waals surface area contributed by atoms with Crippen molar-refractivity contribution in [3.8, 4) is 11.3 Å². The van der Waals surface area contributed by atoms with Crippen molar-refractivity contribution in [3.05, 3.63) is 36.0 Å². The first kappa shape index (κ1) is 16.9. The highest BCUT2D eigenvalue weighted by atomic mass is 32.2. The molecule has 0 atom stereocenters. The third-order valence-electron chi connectivity index (χ3n) is 3.40. The van der Waals surface area contributed by atoms with Crippen LogP contribution < -0.4 is 5.32 Å². The topological polar surface area (TPSA) is 76.4 Å². The van der Waals surface area contributed by atoms with E-state index in [9.17, 15) is 8.42 Å². The van der Waals surface area contributed by atoms with Crippen LogP contribution in [0, 0.1) is 5.92 Å². The molecule has 128 valence electrons. The van der Waals surface area contributed by atoms with E-state index in [4.69, 9.17) is 0 Å². The average Bonchev–Trinajstić information content (AvgIpc) is 3.03. The van der Waals surface area contributed by atoms with E-state index >= 15 is 0 Å². The van der Waals surface area contributed by atoms with Crippen molar-refractivity contribution in [3.63, 3.8) is 0 Å². The lowest BCUT2D eigenvalue weighted by Crippen LogP contribution is -2.07. The molecule has 0 unspecified atom stereocenters. The second kappa shape index (κ2) is 6.52. The summed E-state index contributed by atoms with van der Waals surface area (Å²) in [6, 6.07) is 7.50. The fourth-order valence-corrected chi connectivity index (χ4v) is 3.94. The van der Waals surface area contributed by atoms with Crippen LogP contribution in [0.25, 0.3) is 16.2 Å². The van der Waals surface area contributed by atoms with Gasteiger partial charge in [-0.25, -0.2) is 17.9 Å². The van der Waals surface area contributed by atoms with Gasteiger partial charge in [-0.05, 0) is 17.5 Å². The Morgan fingerprint density at radius 3 is 2.83 bits per heavy atom. The highest BCUT2D eigenvalue weighted by molar-refractivity contribution is 7.89. The molecule has 0 amide bonds. The normalized spacial score (nSPS) is 12.2. The average molecular weight is 364 g/mol. The summed E-state index contributed by atoms with van der Waals surface area (Å²) in [5.74, 6) is 0.564. The van der Waals surface area contributed by atoms with E-state index in [1.165, 1.54) is 17.6 Å². The molecule has 0 aliphatic heterocycles. The van der Waals surface area contributed by atoms with Gasteiger partial charge >= 0.3 is 0 Å². The zero-order valence-corrected chi connectivity index (χ0v) is 15.5. The number of anilines is 1. The SMILES string of the molecule is CC(C)CNc1nn2c(-c3cccc(CS(C)(=O)=O)c3)cnc2s1. The van der Waals surface area contributed by atoms with Gasteiger partial charge in [-0.2, -0.15) is 0 Å². The minimum absolute atomic E-state index is 0.0288. The van der Waals surface area contributed by atoms with Crippen LogP contribution >= 0.6 is 11.3 Å². The summed E-state index contributed by atoms with van der Waals surface area (Å²) in [5, 5.41) is 8.71. The Morgan fingerprint density at radius 2 is 2.12 bits per heavy atom. The first-order chi connectivity index (χ1) is 11.3. The quantitative estimate of drug-likeness (QED) is 0.727. The number of nitrogens with one attached hydrogen (secondary N) is 1. The number of hydrogen-bond acceptors (Lipinski definition) is 6. The van der Waals surface area contributed by atoms with Crippen LogP contribution in [0.3, 0.4) is 0 Å². The summed E-state index contributed by atoms with van der Waals surface area (Å²) in [7, 11) is -3.06. The number of sulfone groups is 1. The number of imidazole rings is 1. The highest BCUT2D eigenvalue weighted by Crippen LogP contribution is 2.27. The lowest BCUT2D eigenvalue weighted by Gasteiger charge is -2.05. The van der Waals surface area contributed by atoms with E-state index in [0.29, 0.717) is 5.92 Å². The minimum atomic E-state index is -3.06. The monoisotopic (exact) mass is 364 g/mol. The molecule has 0 aliphatic rings. The molecule has 0 radical (unpaired) electrons. The van der Waals surface area contributed by atoms with Gasteiger partial charge in [0.1, 0.15) is 0 Å². The van der Waals surface area contributed by atoms with Gasteiger partial charge in [-0.15, -0.1) is 5.10 Å². The Balaban J connectivity index is 1.93. The van der Waals surface area contributed by atoms with E-state index in [-0.39, 0.29) is 5.75 Å². The van der Waals surface area contributed by atoms with Gasteiger partial charge in [0.2, 0.25) is 10.1 Å². The van der Waals surface area contributed by atoms with Crippen molar-refractivity contribution in [2.24, 2.45) is 5.92 Å². The second-order valence-electron chi connectivity index (χ2n) is 6.29. The lowest BCUT2D eigenvalue weighted by atomic mass is 10.1. The van der Waals surface area contributed by atoms with Gasteiger partial charge in [0.15, 0.2) is 9.84 Å². The summed E-state index contributed by atoms with van der Waals surface area (Å²) in [4.78, 5) is 5.22. The molecule has 0 bridgehead atoms. The summed E-state index contributed by atoms with van der Waals surface area (Å²) in [6.07, 6.45) is 3.01. The highest BCUT2D eigenvalue weighted by Gasteiger charge is 2.13. The van der Waals surface area contributed by atoms with Crippen molar-refractivity contribution in [2.45, 2.75) is 19.6 Å². The lowest BCUT2D eigenvalue weighted by molar-refractivity contribution is 0.601. The molecule has 3 aromatic rings. The van der Waals surface area contributed by atoms with E-state index in [1.807, 2.05) is 24.3 Å². The Labute approximate surface area is 145 Å². The van der Waals surface area contributed by atoms with Gasteiger partial charge in [-0.3, -0.25) is 0 Å². The maximum absolute atomic E-state index is 11.5. The van der Waals surface area contributed by atoms with E-state index in [1.54, 1.807) is 10.7 Å². The second-order valence-corrected chi connectivity index (χ2v) is 9.39. The van der Waals surface area contributed by atoms with E-state index < -0.39 is 9.84 Å². The van der Waals surface area contributed by atoms with Crippen molar-refractivity contribution >= 4 is 31.3 Å². The molecular weight excluding hydrogens is 344 g/mol. The summed E-state index contributed by atoms with van der Waals surface area (Å²) >= 11 is 1.50. The fraction of sp³-hybridized carbons (Fsp3) is 0.375. The van der Waals surface area contributed by atoms with Crippen LogP contribution in [-0.4, -0.2) is 35.8 Å². The predicted octanol–water partition coefficient (Wildman–Crippen LogP) is 3.07. The first-order valence-electron chi connectivity index (χ1n) is 7.67. The van der Waals surface area contributed by atoms with Crippen LogP contribution in [0.2, 0.25) is 0 Å². The van der Waals surface area contributed by atoms with Crippen molar-refractivity contribution in [2.75, 3.05) is 18.1 Å². The van der Waals surface area contributed by atoms with Gasteiger partial charge in [-0.1, -0.05) is 43.4 Å². The molecule has 0 aliphatic carbocycles. The van der Waals surface area contributed by atoms with Crippen LogP contribution in [0.5, 0.6) is 0 Å². The van der Waals surface area contributed by atoms with Gasteiger partial charge in [0, 0.05) is 18.4 Å². The van der Waals surface area contributed by atoms with E-state index in [0.717, 1.165) is 33.5 Å². The molecule has 0 fully saturated rings. The maximum atomic E-state index is 11.5. The van der Waals surface area contributed by atoms with Crippen molar-refractivity contribution in [1.29, 1.82) is 0 Å². The number of nitrogens with zero attached hydrogens (tertiary/aromatic N) is 3. The van der Waals surface area contributed by atoms with Crippen LogP contribution in [0.4, 0.5) is 5.13 Å². The fourth-order valence-electron chi connectivity index (χ4n) is 2.38. The molecule has 1 aromatic carbocycles. The molecule has 2 heterocycles. The predicted molar refractivity (Wildman–Crippen MR) is 98.2 cm³/mol. The Bertz CT molecular complexity index is 958. The number of aromatic nitrogens is 3. The molecule has 6 nitrogen and oxygen atoms in total. The van der Waals surface area contributed by atoms with Crippen LogP contribution in [0.1, 0.15) is 19.4 Å². The molecule has 8 heteroatoms. The summed E-state index contributed by atoms with van der Waals surface area (Å²) in [6.45, 7) is 5.14. The largest absolute Gasteiger partial charge is 0.360 e. The molecule has 0 spiro atoms. The Morgan fingerprint density at radius 1 is 1.33 bits per heavy atom. The third kappa shape index (κ3) is 3.93. The molecule has 3 rings (SSSR count). The molecule has 1 N–H and O–H groups in total. The number of fused-ring (bicyclic) bond motifs is 1. The molecular formula is C16H20N4O2S2. The Kier molecular flexibility index (Phi) is 4.60. The summed E-state index contributed by atoms with van der Waals surface area (Å²) < 4.78 is 24.8. The zero-order valence-electron chi connectivity index (χ0n) is 13.9. The van der Waals surface area contributed by atoms with Crippen molar-refractivity contribution in [1.82, 2.24) is 14.6 Å². The van der Waals surface area contributed by atoms with E-state index in [2.05, 4.69) is 29.2 Å². The van der Waals surface area contributed by atoms with Gasteiger partial charge in [0.25, 0.3) is 0 Å². The van der Waals surface area contributed by atoms with Gasteiger partial charge in [0.05, 0.1) is 17.6 Å². The smallest absolute Gasteiger partial charge is 0.214 e. The first-order valence-corrected chi connectivity index (χ1v) is 10.5. The molecule has 0 saturated carbocycles. The number of hydrogen-bond donors (Lipinski definition) is 1. The third-order valence-corrected chi connectivity index (χ3v) is 5.14. The molecule has 2 aromatic heterocycles. The minimum Gasteiger partial charge on any atom is -0.360 e. The standard InChI is InChI=1S/C16H20N4O2S2/c1-11(2)8-17-15-19-20-14(9-18-16(20)23-15)13-6-4-5-12(7-13)10-24(3,21)22/h4-7,9,11H,8,10H2,1-3H3,(H,17,19). The molecule has 24 heavy (non-hydrogen) atoms. The number of rotatable bonds is 6. The molecule has 0 saturated heterocycles. The summed E-state index contributed by atoms with van der Waals surface area (Å²) in [5.41, 5.74) is 2.52. The van der Waals surface area contributed by atoms with Crippen LogP contribution in [0.15, 0.2) is 30.5 Å². The van der Waals surface area contributed by atoms with Gasteiger partial charge < -0.3 is 5.32 Å². The van der Waals surface area contributed by atoms with Crippen LogP contribution in [-0.2, 0) is 15.6 Å².